The van der Waals surface area contributed by atoms with Gasteiger partial charge in [-0.3, -0.25) is 0 Å². The highest BCUT2D eigenvalue weighted by molar-refractivity contribution is 5.40. The van der Waals surface area contributed by atoms with Crippen LogP contribution in [0.4, 0.5) is 8.78 Å². The Morgan fingerprint density at radius 1 is 1.31 bits per heavy atom. The van der Waals surface area contributed by atoms with Crippen molar-refractivity contribution in [2.45, 2.75) is 31.8 Å². The molecule has 1 aromatic carbocycles. The Kier molecular flexibility index (Phi) is 3.13. The number of alkyl halides is 2. The van der Waals surface area contributed by atoms with Crippen LogP contribution in [0, 0.1) is 0 Å². The third-order valence-corrected chi connectivity index (χ3v) is 3.20. The summed E-state index contributed by atoms with van der Waals surface area (Å²) in [5.41, 5.74) is 0.946. The summed E-state index contributed by atoms with van der Waals surface area (Å²) < 4.78 is 31.2. The van der Waals surface area contributed by atoms with Gasteiger partial charge in [0.05, 0.1) is 0 Å². The van der Waals surface area contributed by atoms with Gasteiger partial charge in [0, 0.05) is 0 Å². The van der Waals surface area contributed by atoms with Gasteiger partial charge in [-0.25, -0.2) is 8.78 Å². The second-order valence-corrected chi connectivity index (χ2v) is 4.35. The van der Waals surface area contributed by atoms with Crippen LogP contribution in [0.15, 0.2) is 18.2 Å². The molecule has 1 aromatic rings. The lowest BCUT2D eigenvalue weighted by atomic mass is 9.92. The summed E-state index contributed by atoms with van der Waals surface area (Å²) in [5, 5.41) is 0. The average Bonchev–Trinajstić information content (AvgIpc) is 2.37. The quantitative estimate of drug-likeness (QED) is 0.768. The van der Waals surface area contributed by atoms with Crippen molar-refractivity contribution >= 4 is 0 Å². The molecule has 1 nitrogen and oxygen atoms in total. The number of fused-ring (bicyclic) bond motifs is 1. The van der Waals surface area contributed by atoms with Gasteiger partial charge in [0.25, 0.3) is 0 Å². The van der Waals surface area contributed by atoms with E-state index in [0.717, 1.165) is 17.5 Å². The molecule has 0 radical (unpaired) electrons. The number of halogens is 2. The SMILES string of the molecule is CCc1ccc2c(c1)OC(CF)(CF)CC2. The zero-order chi connectivity index (χ0) is 11.6. The van der Waals surface area contributed by atoms with Crippen molar-refractivity contribution in [3.8, 4) is 5.75 Å². The van der Waals surface area contributed by atoms with Crippen LogP contribution < -0.4 is 4.74 Å². The Labute approximate surface area is 94.4 Å². The molecule has 0 saturated heterocycles. The highest BCUT2D eigenvalue weighted by Crippen LogP contribution is 2.34. The van der Waals surface area contributed by atoms with Crippen LogP contribution in [0.1, 0.15) is 24.5 Å². The molecule has 0 unspecified atom stereocenters. The molecule has 0 N–H and O–H groups in total. The third kappa shape index (κ3) is 1.91. The van der Waals surface area contributed by atoms with E-state index in [9.17, 15) is 8.78 Å². The van der Waals surface area contributed by atoms with Gasteiger partial charge in [-0.15, -0.1) is 0 Å². The van der Waals surface area contributed by atoms with E-state index in [1.54, 1.807) is 0 Å². The molecular weight excluding hydrogens is 210 g/mol. The first-order valence-corrected chi connectivity index (χ1v) is 5.66. The number of aryl methyl sites for hydroxylation is 2. The number of hydrogen-bond acceptors (Lipinski definition) is 1. The average molecular weight is 226 g/mol. The highest BCUT2D eigenvalue weighted by Gasteiger charge is 2.36. The summed E-state index contributed by atoms with van der Waals surface area (Å²) >= 11 is 0. The first kappa shape index (κ1) is 11.4. The monoisotopic (exact) mass is 226 g/mol. The van der Waals surface area contributed by atoms with E-state index in [4.69, 9.17) is 4.74 Å². The first-order valence-electron chi connectivity index (χ1n) is 5.66. The van der Waals surface area contributed by atoms with Crippen LogP contribution in [0.25, 0.3) is 0 Å². The van der Waals surface area contributed by atoms with Gasteiger partial charge in [-0.05, 0) is 36.5 Å². The number of benzene rings is 1. The predicted molar refractivity (Wildman–Crippen MR) is 59.5 cm³/mol. The fourth-order valence-corrected chi connectivity index (χ4v) is 1.99. The molecule has 0 aliphatic carbocycles. The van der Waals surface area contributed by atoms with Crippen molar-refractivity contribution in [3.63, 3.8) is 0 Å². The molecule has 2 rings (SSSR count). The molecule has 0 fully saturated rings. The fraction of sp³-hybridized carbons (Fsp3) is 0.538. The van der Waals surface area contributed by atoms with Crippen molar-refractivity contribution in [3.05, 3.63) is 29.3 Å². The van der Waals surface area contributed by atoms with Gasteiger partial charge >= 0.3 is 0 Å². The van der Waals surface area contributed by atoms with Crippen molar-refractivity contribution in [1.29, 1.82) is 0 Å². The minimum atomic E-state index is -1.24. The molecule has 0 bridgehead atoms. The van der Waals surface area contributed by atoms with Crippen LogP contribution >= 0.6 is 0 Å². The molecule has 1 aliphatic rings. The van der Waals surface area contributed by atoms with E-state index >= 15 is 0 Å². The lowest BCUT2D eigenvalue weighted by Crippen LogP contribution is -2.44. The molecule has 16 heavy (non-hydrogen) atoms. The summed E-state index contributed by atoms with van der Waals surface area (Å²) in [4.78, 5) is 0. The molecular formula is C13H16F2O. The number of ether oxygens (including phenoxy) is 1. The Balaban J connectivity index is 2.30. The molecule has 1 heterocycles. The zero-order valence-electron chi connectivity index (χ0n) is 9.43. The van der Waals surface area contributed by atoms with E-state index in [2.05, 4.69) is 0 Å². The van der Waals surface area contributed by atoms with E-state index < -0.39 is 19.0 Å². The topological polar surface area (TPSA) is 9.23 Å². The summed E-state index contributed by atoms with van der Waals surface area (Å²) in [6.07, 6.45) is 2.00. The smallest absolute Gasteiger partial charge is 0.166 e. The van der Waals surface area contributed by atoms with E-state index in [-0.39, 0.29) is 0 Å². The van der Waals surface area contributed by atoms with Crippen LogP contribution in [0.3, 0.4) is 0 Å². The first-order chi connectivity index (χ1) is 7.73. The van der Waals surface area contributed by atoms with Crippen molar-refractivity contribution in [2.75, 3.05) is 13.3 Å². The Morgan fingerprint density at radius 2 is 2.06 bits per heavy atom. The molecule has 0 atom stereocenters. The maximum Gasteiger partial charge on any atom is 0.166 e. The highest BCUT2D eigenvalue weighted by atomic mass is 19.1. The molecule has 0 saturated carbocycles. The fourth-order valence-electron chi connectivity index (χ4n) is 1.99. The van der Waals surface area contributed by atoms with Gasteiger partial charge < -0.3 is 4.74 Å². The van der Waals surface area contributed by atoms with Gasteiger partial charge in [-0.1, -0.05) is 19.1 Å². The van der Waals surface area contributed by atoms with Crippen LogP contribution in [0.2, 0.25) is 0 Å². The normalized spacial score (nSPS) is 17.7. The largest absolute Gasteiger partial charge is 0.481 e. The van der Waals surface area contributed by atoms with Crippen LogP contribution in [0.5, 0.6) is 5.75 Å². The summed E-state index contributed by atoms with van der Waals surface area (Å²) in [7, 11) is 0. The van der Waals surface area contributed by atoms with E-state index in [0.29, 0.717) is 18.6 Å². The minimum Gasteiger partial charge on any atom is -0.481 e. The molecule has 3 heteroatoms. The lowest BCUT2D eigenvalue weighted by molar-refractivity contribution is 0.000266. The standard InChI is InChI=1S/C13H16F2O/c1-2-10-3-4-11-5-6-13(8-14,9-15)16-12(11)7-10/h3-4,7H,2,5-6,8-9H2,1H3. The van der Waals surface area contributed by atoms with Crippen molar-refractivity contribution in [2.24, 2.45) is 0 Å². The summed E-state index contributed by atoms with van der Waals surface area (Å²) in [6.45, 7) is 0.515. The van der Waals surface area contributed by atoms with Crippen molar-refractivity contribution < 1.29 is 13.5 Å². The number of rotatable bonds is 3. The van der Waals surface area contributed by atoms with E-state index in [1.807, 2.05) is 25.1 Å². The zero-order valence-corrected chi connectivity index (χ0v) is 9.43. The van der Waals surface area contributed by atoms with Gasteiger partial charge in [-0.2, -0.15) is 0 Å². The molecule has 0 aromatic heterocycles. The Morgan fingerprint density at radius 3 is 2.69 bits per heavy atom. The lowest BCUT2D eigenvalue weighted by Gasteiger charge is -2.34. The predicted octanol–water partition coefficient (Wildman–Crippen LogP) is 3.25. The minimum absolute atomic E-state index is 0.415. The van der Waals surface area contributed by atoms with Crippen molar-refractivity contribution in [1.82, 2.24) is 0 Å². The second kappa shape index (κ2) is 4.40. The molecule has 0 amide bonds. The van der Waals surface area contributed by atoms with Gasteiger partial charge in [0.15, 0.2) is 5.60 Å². The maximum absolute atomic E-state index is 12.8. The Hall–Kier alpha value is -1.12. The van der Waals surface area contributed by atoms with E-state index in [1.165, 1.54) is 0 Å². The van der Waals surface area contributed by atoms with Gasteiger partial charge in [0.1, 0.15) is 19.1 Å². The Bertz CT molecular complexity index is 372. The molecule has 0 spiro atoms. The van der Waals surface area contributed by atoms with Gasteiger partial charge in [0.2, 0.25) is 0 Å². The molecule has 88 valence electrons. The summed E-state index contributed by atoms with van der Waals surface area (Å²) in [6, 6.07) is 5.93. The third-order valence-electron chi connectivity index (χ3n) is 3.20. The van der Waals surface area contributed by atoms with Crippen LogP contribution in [-0.4, -0.2) is 19.0 Å². The van der Waals surface area contributed by atoms with Crippen LogP contribution in [-0.2, 0) is 12.8 Å². The maximum atomic E-state index is 12.8. The summed E-state index contributed by atoms with van der Waals surface area (Å²) in [5.74, 6) is 0.654. The number of hydrogen-bond donors (Lipinski definition) is 0. The second-order valence-electron chi connectivity index (χ2n) is 4.35. The molecule has 1 aliphatic heterocycles.